The van der Waals surface area contributed by atoms with Crippen molar-refractivity contribution in [2.75, 3.05) is 5.32 Å². The zero-order valence-electron chi connectivity index (χ0n) is 14.6. The number of para-hydroxylation sites is 1. The Labute approximate surface area is 165 Å². The number of carbonyl (C=O) groups excluding carboxylic acids is 1. The van der Waals surface area contributed by atoms with Gasteiger partial charge in [-0.2, -0.15) is 0 Å². The summed E-state index contributed by atoms with van der Waals surface area (Å²) in [5, 5.41) is 3.59. The van der Waals surface area contributed by atoms with Gasteiger partial charge in [-0.25, -0.2) is 8.78 Å². The first-order chi connectivity index (χ1) is 13.5. The molecule has 140 valence electrons. The van der Waals surface area contributed by atoms with Gasteiger partial charge in [0.1, 0.15) is 17.3 Å². The van der Waals surface area contributed by atoms with E-state index in [1.807, 2.05) is 28.8 Å². The molecular formula is C22H15ClF2N2O. The third kappa shape index (κ3) is 3.62. The lowest BCUT2D eigenvalue weighted by atomic mass is 10.2. The van der Waals surface area contributed by atoms with E-state index in [9.17, 15) is 13.6 Å². The number of rotatable bonds is 4. The van der Waals surface area contributed by atoms with Crippen molar-refractivity contribution in [2.45, 2.75) is 6.54 Å². The van der Waals surface area contributed by atoms with E-state index < -0.39 is 5.82 Å². The molecule has 1 N–H and O–H groups in total. The minimum absolute atomic E-state index is 0.0107. The Bertz CT molecular complexity index is 1170. The fourth-order valence-corrected chi connectivity index (χ4v) is 3.23. The quantitative estimate of drug-likeness (QED) is 0.459. The van der Waals surface area contributed by atoms with E-state index >= 15 is 0 Å². The predicted octanol–water partition coefficient (Wildman–Crippen LogP) is 5.87. The summed E-state index contributed by atoms with van der Waals surface area (Å²) in [6.07, 6.45) is 0. The highest BCUT2D eigenvalue weighted by Gasteiger charge is 2.16. The predicted molar refractivity (Wildman–Crippen MR) is 107 cm³/mol. The lowest BCUT2D eigenvalue weighted by Crippen LogP contribution is -2.17. The second-order valence-corrected chi connectivity index (χ2v) is 6.79. The molecule has 0 aliphatic rings. The number of carbonyl (C=O) groups is 1. The summed E-state index contributed by atoms with van der Waals surface area (Å²) in [7, 11) is 0. The molecule has 0 spiro atoms. The van der Waals surface area contributed by atoms with Gasteiger partial charge in [0, 0.05) is 23.1 Å². The van der Waals surface area contributed by atoms with Crippen LogP contribution in [0.2, 0.25) is 5.02 Å². The Morgan fingerprint density at radius 1 is 0.964 bits per heavy atom. The Hall–Kier alpha value is -3.18. The van der Waals surface area contributed by atoms with Gasteiger partial charge in [-0.1, -0.05) is 41.9 Å². The van der Waals surface area contributed by atoms with Crippen molar-refractivity contribution in [2.24, 2.45) is 0 Å². The molecule has 0 saturated heterocycles. The highest BCUT2D eigenvalue weighted by atomic mass is 35.5. The minimum Gasteiger partial charge on any atom is -0.332 e. The molecule has 0 aliphatic heterocycles. The summed E-state index contributed by atoms with van der Waals surface area (Å²) in [4.78, 5) is 12.9. The first-order valence-electron chi connectivity index (χ1n) is 8.60. The maximum atomic E-state index is 13.7. The van der Waals surface area contributed by atoms with Crippen molar-refractivity contribution < 1.29 is 13.6 Å². The van der Waals surface area contributed by atoms with Gasteiger partial charge < -0.3 is 9.88 Å². The second-order valence-electron chi connectivity index (χ2n) is 6.38. The summed E-state index contributed by atoms with van der Waals surface area (Å²) in [5.74, 6) is -1.30. The molecule has 0 bridgehead atoms. The fourth-order valence-electron chi connectivity index (χ4n) is 3.11. The smallest absolute Gasteiger partial charge is 0.272 e. The highest BCUT2D eigenvalue weighted by molar-refractivity contribution is 6.30. The fraction of sp³-hybridized carbons (Fsp3) is 0.0455. The Kier molecular flexibility index (Phi) is 4.84. The van der Waals surface area contributed by atoms with Crippen molar-refractivity contribution in [3.63, 3.8) is 0 Å². The summed E-state index contributed by atoms with van der Waals surface area (Å²) >= 11 is 5.70. The van der Waals surface area contributed by atoms with Crippen LogP contribution in [0.3, 0.4) is 0 Å². The van der Waals surface area contributed by atoms with E-state index in [0.717, 1.165) is 16.5 Å². The molecule has 6 heteroatoms. The molecule has 0 fully saturated rings. The van der Waals surface area contributed by atoms with Crippen LogP contribution in [-0.4, -0.2) is 10.5 Å². The SMILES string of the molecule is O=C(Nc1ccc(Cl)c(F)c1)c1cc2ccccc2n1Cc1ccc(F)cc1. The molecule has 1 heterocycles. The van der Waals surface area contributed by atoms with E-state index in [4.69, 9.17) is 11.6 Å². The molecule has 1 amide bonds. The van der Waals surface area contributed by atoms with Crippen LogP contribution >= 0.6 is 11.6 Å². The normalized spacial score (nSPS) is 11.0. The third-order valence-corrected chi connectivity index (χ3v) is 4.78. The third-order valence-electron chi connectivity index (χ3n) is 4.47. The zero-order chi connectivity index (χ0) is 19.7. The number of halogens is 3. The van der Waals surface area contributed by atoms with Crippen LogP contribution in [0.4, 0.5) is 14.5 Å². The lowest BCUT2D eigenvalue weighted by Gasteiger charge is -2.12. The van der Waals surface area contributed by atoms with Crippen LogP contribution in [0.25, 0.3) is 10.9 Å². The Morgan fingerprint density at radius 2 is 1.71 bits per heavy atom. The number of amides is 1. The van der Waals surface area contributed by atoms with Crippen LogP contribution in [0.15, 0.2) is 72.8 Å². The molecule has 1 aromatic heterocycles. The highest BCUT2D eigenvalue weighted by Crippen LogP contribution is 2.24. The average molecular weight is 397 g/mol. The molecule has 0 atom stereocenters. The van der Waals surface area contributed by atoms with Crippen LogP contribution < -0.4 is 5.32 Å². The summed E-state index contributed by atoms with van der Waals surface area (Å²) in [6.45, 7) is 0.394. The topological polar surface area (TPSA) is 34.0 Å². The Balaban J connectivity index is 1.71. The molecule has 3 nitrogen and oxygen atoms in total. The molecule has 0 aliphatic carbocycles. The van der Waals surface area contributed by atoms with Gasteiger partial charge in [-0.05, 0) is 48.0 Å². The van der Waals surface area contributed by atoms with Gasteiger partial charge in [-0.15, -0.1) is 0 Å². The van der Waals surface area contributed by atoms with Gasteiger partial charge in [-0.3, -0.25) is 4.79 Å². The summed E-state index contributed by atoms with van der Waals surface area (Å²) in [5.41, 5.74) is 2.46. The first-order valence-corrected chi connectivity index (χ1v) is 8.98. The number of hydrogen-bond donors (Lipinski definition) is 1. The van der Waals surface area contributed by atoms with E-state index in [1.54, 1.807) is 18.2 Å². The number of nitrogens with zero attached hydrogens (tertiary/aromatic N) is 1. The maximum absolute atomic E-state index is 13.7. The molecule has 0 radical (unpaired) electrons. The summed E-state index contributed by atoms with van der Waals surface area (Å²) in [6, 6.07) is 19.6. The van der Waals surface area contributed by atoms with Crippen LogP contribution in [0.5, 0.6) is 0 Å². The first kappa shape index (κ1) is 18.2. The van der Waals surface area contributed by atoms with Crippen LogP contribution in [0, 0.1) is 11.6 Å². The van der Waals surface area contributed by atoms with Gasteiger partial charge in [0.25, 0.3) is 5.91 Å². The van der Waals surface area contributed by atoms with Crippen molar-refractivity contribution in [1.29, 1.82) is 0 Å². The minimum atomic E-state index is -0.605. The van der Waals surface area contributed by atoms with Gasteiger partial charge in [0.15, 0.2) is 0 Å². The number of hydrogen-bond acceptors (Lipinski definition) is 1. The standard InChI is InChI=1S/C22H15ClF2N2O/c23-18-10-9-17(12-19(18)25)26-22(28)21-11-15-3-1-2-4-20(15)27(21)13-14-5-7-16(24)8-6-14/h1-12H,13H2,(H,26,28). The van der Waals surface area contributed by atoms with E-state index in [-0.39, 0.29) is 16.7 Å². The lowest BCUT2D eigenvalue weighted by molar-refractivity contribution is 0.101. The largest absolute Gasteiger partial charge is 0.332 e. The summed E-state index contributed by atoms with van der Waals surface area (Å²) < 4.78 is 28.7. The van der Waals surface area contributed by atoms with Crippen molar-refractivity contribution in [1.82, 2.24) is 4.57 Å². The number of anilines is 1. The number of aromatic nitrogens is 1. The monoisotopic (exact) mass is 396 g/mol. The molecule has 28 heavy (non-hydrogen) atoms. The second kappa shape index (κ2) is 7.44. The van der Waals surface area contributed by atoms with E-state index in [0.29, 0.717) is 17.9 Å². The number of fused-ring (bicyclic) bond motifs is 1. The van der Waals surface area contributed by atoms with Gasteiger partial charge >= 0.3 is 0 Å². The van der Waals surface area contributed by atoms with Crippen LogP contribution in [-0.2, 0) is 6.54 Å². The van der Waals surface area contributed by atoms with Crippen LogP contribution in [0.1, 0.15) is 16.1 Å². The average Bonchev–Trinajstić information content (AvgIpc) is 3.05. The van der Waals surface area contributed by atoms with E-state index in [2.05, 4.69) is 5.32 Å². The van der Waals surface area contributed by atoms with Crippen molar-refractivity contribution >= 4 is 34.1 Å². The van der Waals surface area contributed by atoms with E-state index in [1.165, 1.54) is 30.3 Å². The molecule has 3 aromatic carbocycles. The number of benzene rings is 3. The maximum Gasteiger partial charge on any atom is 0.272 e. The molecule has 4 rings (SSSR count). The number of nitrogens with one attached hydrogen (secondary N) is 1. The van der Waals surface area contributed by atoms with Crippen molar-refractivity contribution in [3.8, 4) is 0 Å². The van der Waals surface area contributed by atoms with Crippen molar-refractivity contribution in [3.05, 3.63) is 101 Å². The van der Waals surface area contributed by atoms with Gasteiger partial charge in [0.05, 0.1) is 5.02 Å². The molecule has 4 aromatic rings. The zero-order valence-corrected chi connectivity index (χ0v) is 15.4. The molecule has 0 unspecified atom stereocenters. The molecular weight excluding hydrogens is 382 g/mol. The van der Waals surface area contributed by atoms with Gasteiger partial charge in [0.2, 0.25) is 0 Å². The molecule has 0 saturated carbocycles. The Morgan fingerprint density at radius 3 is 2.46 bits per heavy atom.